The maximum Gasteiger partial charge on any atom is 0.234 e. The summed E-state index contributed by atoms with van der Waals surface area (Å²) in [5.41, 5.74) is 3.36. The maximum atomic E-state index is 11.8. The lowest BCUT2D eigenvalue weighted by molar-refractivity contribution is -0.122. The quantitative estimate of drug-likeness (QED) is 0.718. The third-order valence-electron chi connectivity index (χ3n) is 3.77. The number of carbonyl (C=O) groups is 1. The van der Waals surface area contributed by atoms with Crippen molar-refractivity contribution in [2.24, 2.45) is 0 Å². The van der Waals surface area contributed by atoms with E-state index in [1.165, 1.54) is 5.69 Å². The highest BCUT2D eigenvalue weighted by Crippen LogP contribution is 2.23. The Labute approximate surface area is 125 Å². The summed E-state index contributed by atoms with van der Waals surface area (Å²) in [6.07, 6.45) is 0. The molecule has 1 aliphatic rings. The highest BCUT2D eigenvalue weighted by atomic mass is 16.5. The van der Waals surface area contributed by atoms with Crippen LogP contribution in [-0.2, 0) is 9.53 Å². The molecule has 1 amide bonds. The predicted molar refractivity (Wildman–Crippen MR) is 81.6 cm³/mol. The van der Waals surface area contributed by atoms with Gasteiger partial charge in [0.05, 0.1) is 30.2 Å². The van der Waals surface area contributed by atoms with Crippen LogP contribution in [-0.4, -0.2) is 74.0 Å². The summed E-state index contributed by atoms with van der Waals surface area (Å²) in [5.74, 6) is 0.0659. The van der Waals surface area contributed by atoms with Crippen molar-refractivity contribution in [2.75, 3.05) is 57.9 Å². The van der Waals surface area contributed by atoms with Gasteiger partial charge < -0.3 is 15.0 Å². The molecule has 118 valence electrons. The zero-order chi connectivity index (χ0) is 15.2. The van der Waals surface area contributed by atoms with E-state index >= 15 is 0 Å². The van der Waals surface area contributed by atoms with Gasteiger partial charge in [0.25, 0.3) is 0 Å². The third-order valence-corrected chi connectivity index (χ3v) is 3.77. The summed E-state index contributed by atoms with van der Waals surface area (Å²) in [6, 6.07) is 0. The van der Waals surface area contributed by atoms with E-state index in [9.17, 15) is 4.79 Å². The zero-order valence-electron chi connectivity index (χ0n) is 13.1. The van der Waals surface area contributed by atoms with Crippen LogP contribution in [0, 0.1) is 13.8 Å². The molecule has 1 fully saturated rings. The van der Waals surface area contributed by atoms with Crippen molar-refractivity contribution in [3.63, 3.8) is 0 Å². The van der Waals surface area contributed by atoms with E-state index in [0.29, 0.717) is 19.7 Å². The molecule has 7 heteroatoms. The van der Waals surface area contributed by atoms with Crippen molar-refractivity contribution in [3.05, 3.63) is 11.4 Å². The number of methoxy groups -OCH3 is 1. The van der Waals surface area contributed by atoms with Crippen LogP contribution >= 0.6 is 0 Å². The standard InChI is InChI=1S/C14H25N5O2/c1-11-14(12(2)17-16-11)19-7-5-18(6-8-19)10-13(20)15-4-9-21-3/h4-10H2,1-3H3,(H,15,20)(H,16,17). The number of aromatic amines is 1. The molecule has 7 nitrogen and oxygen atoms in total. The fourth-order valence-corrected chi connectivity index (χ4v) is 2.69. The van der Waals surface area contributed by atoms with Gasteiger partial charge in [-0.2, -0.15) is 5.10 Å². The number of ether oxygens (including phenoxy) is 1. The van der Waals surface area contributed by atoms with E-state index in [1.807, 2.05) is 13.8 Å². The van der Waals surface area contributed by atoms with Crippen LogP contribution in [0.4, 0.5) is 5.69 Å². The second kappa shape index (κ2) is 7.42. The second-order valence-electron chi connectivity index (χ2n) is 5.39. The molecule has 2 N–H and O–H groups in total. The molecule has 1 aromatic heterocycles. The number of hydrogen-bond acceptors (Lipinski definition) is 5. The molecule has 0 radical (unpaired) electrons. The first-order chi connectivity index (χ1) is 10.1. The van der Waals surface area contributed by atoms with Crippen molar-refractivity contribution in [2.45, 2.75) is 13.8 Å². The van der Waals surface area contributed by atoms with E-state index in [0.717, 1.165) is 37.6 Å². The number of carbonyl (C=O) groups excluding carboxylic acids is 1. The molecule has 0 atom stereocenters. The van der Waals surface area contributed by atoms with Gasteiger partial charge in [-0.1, -0.05) is 0 Å². The summed E-state index contributed by atoms with van der Waals surface area (Å²) in [5, 5.41) is 10.1. The summed E-state index contributed by atoms with van der Waals surface area (Å²) in [7, 11) is 1.63. The number of rotatable bonds is 6. The Balaban J connectivity index is 1.77. The first-order valence-electron chi connectivity index (χ1n) is 7.36. The molecule has 1 aromatic rings. The average Bonchev–Trinajstić information content (AvgIpc) is 2.80. The van der Waals surface area contributed by atoms with Crippen LogP contribution in [0.15, 0.2) is 0 Å². The molecular formula is C14H25N5O2. The third kappa shape index (κ3) is 4.18. The number of aromatic nitrogens is 2. The number of nitrogens with one attached hydrogen (secondary N) is 2. The lowest BCUT2D eigenvalue weighted by Gasteiger charge is -2.35. The van der Waals surface area contributed by atoms with E-state index in [4.69, 9.17) is 4.74 Å². The molecule has 0 unspecified atom stereocenters. The van der Waals surface area contributed by atoms with Crippen LogP contribution in [0.2, 0.25) is 0 Å². The first kappa shape index (κ1) is 15.8. The predicted octanol–water partition coefficient (Wildman–Crippen LogP) is -0.0889. The van der Waals surface area contributed by atoms with Crippen LogP contribution in [0.5, 0.6) is 0 Å². The van der Waals surface area contributed by atoms with Gasteiger partial charge in [0, 0.05) is 39.8 Å². The number of aryl methyl sites for hydroxylation is 2. The fourth-order valence-electron chi connectivity index (χ4n) is 2.69. The minimum absolute atomic E-state index is 0.0659. The Kier molecular flexibility index (Phi) is 5.58. The number of anilines is 1. The Bertz CT molecular complexity index is 446. The molecule has 1 aliphatic heterocycles. The lowest BCUT2D eigenvalue weighted by Crippen LogP contribution is -2.50. The number of hydrogen-bond donors (Lipinski definition) is 2. The van der Waals surface area contributed by atoms with Gasteiger partial charge in [0.1, 0.15) is 0 Å². The van der Waals surface area contributed by atoms with E-state index in [2.05, 4.69) is 25.3 Å². The van der Waals surface area contributed by atoms with Crippen molar-refractivity contribution < 1.29 is 9.53 Å². The molecule has 0 aromatic carbocycles. The summed E-state index contributed by atoms with van der Waals surface area (Å²) in [6.45, 7) is 9.28. The number of H-pyrrole nitrogens is 1. The summed E-state index contributed by atoms with van der Waals surface area (Å²) < 4.78 is 4.92. The minimum atomic E-state index is 0.0659. The van der Waals surface area contributed by atoms with Gasteiger partial charge in [-0.15, -0.1) is 0 Å². The molecule has 2 heterocycles. The highest BCUT2D eigenvalue weighted by Gasteiger charge is 2.22. The SMILES string of the molecule is COCCNC(=O)CN1CCN(c2c(C)n[nH]c2C)CC1. The van der Waals surface area contributed by atoms with Gasteiger partial charge in [-0.05, 0) is 13.8 Å². The topological polar surface area (TPSA) is 73.5 Å². The normalized spacial score (nSPS) is 16.2. The molecule has 0 bridgehead atoms. The van der Waals surface area contributed by atoms with Crippen LogP contribution < -0.4 is 10.2 Å². The van der Waals surface area contributed by atoms with Gasteiger partial charge in [0.15, 0.2) is 0 Å². The molecule has 0 spiro atoms. The van der Waals surface area contributed by atoms with Crippen LogP contribution in [0.3, 0.4) is 0 Å². The van der Waals surface area contributed by atoms with Crippen molar-refractivity contribution in [1.82, 2.24) is 20.4 Å². The summed E-state index contributed by atoms with van der Waals surface area (Å²) in [4.78, 5) is 16.3. The van der Waals surface area contributed by atoms with Gasteiger partial charge in [0.2, 0.25) is 5.91 Å². The Morgan fingerprint density at radius 2 is 2.05 bits per heavy atom. The summed E-state index contributed by atoms with van der Waals surface area (Å²) >= 11 is 0. The Hall–Kier alpha value is -1.60. The molecule has 1 saturated heterocycles. The van der Waals surface area contributed by atoms with E-state index < -0.39 is 0 Å². The average molecular weight is 295 g/mol. The monoisotopic (exact) mass is 295 g/mol. The van der Waals surface area contributed by atoms with Crippen molar-refractivity contribution in [1.29, 1.82) is 0 Å². The second-order valence-corrected chi connectivity index (χ2v) is 5.39. The van der Waals surface area contributed by atoms with Gasteiger partial charge in [-0.3, -0.25) is 14.8 Å². The fraction of sp³-hybridized carbons (Fsp3) is 0.714. The number of nitrogens with zero attached hydrogens (tertiary/aromatic N) is 3. The molecule has 21 heavy (non-hydrogen) atoms. The molecule has 0 aliphatic carbocycles. The van der Waals surface area contributed by atoms with Crippen LogP contribution in [0.25, 0.3) is 0 Å². The first-order valence-corrected chi connectivity index (χ1v) is 7.36. The van der Waals surface area contributed by atoms with E-state index in [1.54, 1.807) is 7.11 Å². The van der Waals surface area contributed by atoms with Gasteiger partial charge >= 0.3 is 0 Å². The number of piperazine rings is 1. The van der Waals surface area contributed by atoms with Crippen molar-refractivity contribution >= 4 is 11.6 Å². The van der Waals surface area contributed by atoms with E-state index in [-0.39, 0.29) is 5.91 Å². The Morgan fingerprint density at radius 3 is 2.62 bits per heavy atom. The molecule has 2 rings (SSSR count). The zero-order valence-corrected chi connectivity index (χ0v) is 13.1. The van der Waals surface area contributed by atoms with Gasteiger partial charge in [-0.25, -0.2) is 0 Å². The smallest absolute Gasteiger partial charge is 0.234 e. The molecule has 0 saturated carbocycles. The highest BCUT2D eigenvalue weighted by molar-refractivity contribution is 5.78. The molecular weight excluding hydrogens is 270 g/mol. The minimum Gasteiger partial charge on any atom is -0.383 e. The van der Waals surface area contributed by atoms with Crippen LogP contribution in [0.1, 0.15) is 11.4 Å². The Morgan fingerprint density at radius 1 is 1.33 bits per heavy atom. The number of amides is 1. The van der Waals surface area contributed by atoms with Crippen molar-refractivity contribution in [3.8, 4) is 0 Å². The lowest BCUT2D eigenvalue weighted by atomic mass is 10.2. The maximum absolute atomic E-state index is 11.8. The largest absolute Gasteiger partial charge is 0.383 e.